The molecule has 6 nitrogen and oxygen atoms in total. The first-order chi connectivity index (χ1) is 9.04. The fraction of sp³-hybridized carbons (Fsp3) is 0.846. The zero-order valence-corrected chi connectivity index (χ0v) is 12.6. The van der Waals surface area contributed by atoms with Gasteiger partial charge >= 0.3 is 6.01 Å². The van der Waals surface area contributed by atoms with Gasteiger partial charge in [0.2, 0.25) is 5.89 Å². The molecule has 1 atom stereocenters. The molecule has 1 aromatic rings. The summed E-state index contributed by atoms with van der Waals surface area (Å²) < 4.78 is 11.1. The average Bonchev–Trinajstić information content (AvgIpc) is 2.85. The molecule has 1 N–H and O–H groups in total. The van der Waals surface area contributed by atoms with E-state index in [1.807, 2.05) is 32.7 Å². The fourth-order valence-corrected chi connectivity index (χ4v) is 1.52. The zero-order valence-electron chi connectivity index (χ0n) is 12.6. The monoisotopic (exact) mass is 270 g/mol. The molecule has 1 unspecified atom stereocenters. The zero-order chi connectivity index (χ0) is 14.3. The molecule has 0 aliphatic carbocycles. The molecule has 0 saturated carbocycles. The largest absolute Gasteiger partial charge is 0.406 e. The Morgan fingerprint density at radius 2 is 2.05 bits per heavy atom. The molecule has 19 heavy (non-hydrogen) atoms. The molecule has 1 rings (SSSR count). The van der Waals surface area contributed by atoms with Crippen molar-refractivity contribution in [1.82, 2.24) is 15.5 Å². The van der Waals surface area contributed by atoms with Gasteiger partial charge in [0, 0.05) is 13.6 Å². The molecule has 0 spiro atoms. The van der Waals surface area contributed by atoms with Crippen molar-refractivity contribution >= 4 is 6.01 Å². The summed E-state index contributed by atoms with van der Waals surface area (Å²) in [5, 5.41) is 11.4. The van der Waals surface area contributed by atoms with E-state index < -0.39 is 0 Å². The highest BCUT2D eigenvalue weighted by Gasteiger charge is 2.15. The summed E-state index contributed by atoms with van der Waals surface area (Å²) in [6.07, 6.45) is 1.32. The van der Waals surface area contributed by atoms with E-state index in [0.717, 1.165) is 19.5 Å². The first-order valence-electron chi connectivity index (χ1n) is 6.94. The number of hydrogen-bond acceptors (Lipinski definition) is 6. The van der Waals surface area contributed by atoms with Crippen molar-refractivity contribution in [3.8, 4) is 0 Å². The minimum absolute atomic E-state index is 0.0847. The SMILES string of the molecule is CCCNC(C)c1nnc(N(C)CCOC(C)C)o1. The van der Waals surface area contributed by atoms with Gasteiger partial charge in [-0.25, -0.2) is 0 Å². The first kappa shape index (κ1) is 15.9. The Morgan fingerprint density at radius 3 is 2.68 bits per heavy atom. The first-order valence-corrected chi connectivity index (χ1v) is 6.94. The molecule has 0 saturated heterocycles. The van der Waals surface area contributed by atoms with Crippen LogP contribution in [0.1, 0.15) is 46.0 Å². The van der Waals surface area contributed by atoms with Gasteiger partial charge in [0.1, 0.15) is 0 Å². The number of likely N-dealkylation sites (N-methyl/N-ethyl adjacent to an activating group) is 1. The van der Waals surface area contributed by atoms with Crippen LogP contribution in [0.25, 0.3) is 0 Å². The predicted molar refractivity (Wildman–Crippen MR) is 75.4 cm³/mol. The number of nitrogens with one attached hydrogen (secondary N) is 1. The molecule has 0 fully saturated rings. The van der Waals surface area contributed by atoms with Gasteiger partial charge in [-0.3, -0.25) is 0 Å². The Kier molecular flexibility index (Phi) is 6.80. The summed E-state index contributed by atoms with van der Waals surface area (Å²) >= 11 is 0. The molecule has 0 bridgehead atoms. The van der Waals surface area contributed by atoms with Crippen molar-refractivity contribution < 1.29 is 9.15 Å². The highest BCUT2D eigenvalue weighted by atomic mass is 16.5. The molecule has 0 amide bonds. The standard InChI is InChI=1S/C13H26N4O2/c1-6-7-14-11(4)12-15-16-13(19-12)17(5)8-9-18-10(2)3/h10-11,14H,6-9H2,1-5H3. The van der Waals surface area contributed by atoms with Crippen LogP contribution in [-0.4, -0.2) is 43.0 Å². The number of rotatable bonds is 9. The number of nitrogens with zero attached hydrogens (tertiary/aromatic N) is 3. The van der Waals surface area contributed by atoms with Crippen molar-refractivity contribution in [1.29, 1.82) is 0 Å². The normalized spacial score (nSPS) is 12.9. The maximum atomic E-state index is 5.65. The Bertz CT molecular complexity index is 354. The average molecular weight is 270 g/mol. The van der Waals surface area contributed by atoms with E-state index in [9.17, 15) is 0 Å². The highest BCUT2D eigenvalue weighted by molar-refractivity contribution is 5.21. The lowest BCUT2D eigenvalue weighted by Gasteiger charge is -2.15. The maximum Gasteiger partial charge on any atom is 0.318 e. The lowest BCUT2D eigenvalue weighted by molar-refractivity contribution is 0.0841. The molecule has 6 heteroatoms. The van der Waals surface area contributed by atoms with Crippen LogP contribution < -0.4 is 10.2 Å². The smallest absolute Gasteiger partial charge is 0.318 e. The van der Waals surface area contributed by atoms with Gasteiger partial charge in [-0.1, -0.05) is 12.0 Å². The summed E-state index contributed by atoms with van der Waals surface area (Å²) in [5.41, 5.74) is 0. The predicted octanol–water partition coefficient (Wildman–Crippen LogP) is 1.99. The molecule has 0 radical (unpaired) electrons. The minimum Gasteiger partial charge on any atom is -0.406 e. The van der Waals surface area contributed by atoms with E-state index in [1.54, 1.807) is 0 Å². The van der Waals surface area contributed by atoms with Crippen molar-refractivity contribution in [3.05, 3.63) is 5.89 Å². The van der Waals surface area contributed by atoms with Gasteiger partial charge < -0.3 is 19.4 Å². The number of anilines is 1. The molecular weight excluding hydrogens is 244 g/mol. The number of ether oxygens (including phenoxy) is 1. The van der Waals surface area contributed by atoms with Gasteiger partial charge in [-0.2, -0.15) is 0 Å². The number of hydrogen-bond donors (Lipinski definition) is 1. The summed E-state index contributed by atoms with van der Waals surface area (Å²) in [6.45, 7) is 10.5. The number of aromatic nitrogens is 2. The van der Waals surface area contributed by atoms with Crippen molar-refractivity contribution in [2.45, 2.75) is 46.3 Å². The topological polar surface area (TPSA) is 63.4 Å². The van der Waals surface area contributed by atoms with Gasteiger partial charge in [0.15, 0.2) is 0 Å². The van der Waals surface area contributed by atoms with E-state index >= 15 is 0 Å². The van der Waals surface area contributed by atoms with Crippen LogP contribution >= 0.6 is 0 Å². The molecule has 0 aliphatic rings. The van der Waals surface area contributed by atoms with E-state index in [0.29, 0.717) is 18.5 Å². The van der Waals surface area contributed by atoms with Gasteiger partial charge in [-0.15, -0.1) is 5.10 Å². The van der Waals surface area contributed by atoms with Gasteiger partial charge in [0.25, 0.3) is 0 Å². The van der Waals surface area contributed by atoms with Crippen LogP contribution in [0.5, 0.6) is 0 Å². The van der Waals surface area contributed by atoms with Gasteiger partial charge in [0.05, 0.1) is 18.8 Å². The second-order valence-corrected chi connectivity index (χ2v) is 4.94. The minimum atomic E-state index is 0.0847. The van der Waals surface area contributed by atoms with Crippen LogP contribution in [0.2, 0.25) is 0 Å². The lowest BCUT2D eigenvalue weighted by atomic mass is 10.3. The van der Waals surface area contributed by atoms with Crippen LogP contribution in [0.3, 0.4) is 0 Å². The second-order valence-electron chi connectivity index (χ2n) is 4.94. The van der Waals surface area contributed by atoms with Gasteiger partial charge in [-0.05, 0) is 33.7 Å². The third-order valence-corrected chi connectivity index (χ3v) is 2.71. The fourth-order valence-electron chi connectivity index (χ4n) is 1.52. The molecule has 110 valence electrons. The summed E-state index contributed by atoms with van der Waals surface area (Å²) in [7, 11) is 1.92. The van der Waals surface area contributed by atoms with Crippen LogP contribution in [0.15, 0.2) is 4.42 Å². The summed E-state index contributed by atoms with van der Waals surface area (Å²) in [4.78, 5) is 1.91. The molecule has 0 aliphatic heterocycles. The Balaban J connectivity index is 2.44. The van der Waals surface area contributed by atoms with E-state index in [-0.39, 0.29) is 12.1 Å². The van der Waals surface area contributed by atoms with E-state index in [2.05, 4.69) is 22.4 Å². The van der Waals surface area contributed by atoms with Crippen LogP contribution in [-0.2, 0) is 4.74 Å². The Morgan fingerprint density at radius 1 is 1.32 bits per heavy atom. The lowest BCUT2D eigenvalue weighted by Crippen LogP contribution is -2.24. The van der Waals surface area contributed by atoms with Crippen LogP contribution in [0.4, 0.5) is 6.01 Å². The van der Waals surface area contributed by atoms with E-state index in [4.69, 9.17) is 9.15 Å². The molecule has 1 aromatic heterocycles. The Labute approximate surface area is 115 Å². The van der Waals surface area contributed by atoms with Crippen LogP contribution in [0, 0.1) is 0 Å². The van der Waals surface area contributed by atoms with Crippen molar-refractivity contribution in [2.75, 3.05) is 31.6 Å². The Hall–Kier alpha value is -1.14. The second kappa shape index (κ2) is 8.12. The van der Waals surface area contributed by atoms with E-state index in [1.165, 1.54) is 0 Å². The summed E-state index contributed by atoms with van der Waals surface area (Å²) in [5.74, 6) is 0.625. The summed E-state index contributed by atoms with van der Waals surface area (Å²) in [6, 6.07) is 0.619. The maximum absolute atomic E-state index is 5.65. The molecule has 0 aromatic carbocycles. The molecular formula is C13H26N4O2. The molecule has 1 heterocycles. The van der Waals surface area contributed by atoms with Crippen molar-refractivity contribution in [3.63, 3.8) is 0 Å². The quantitative estimate of drug-likeness (QED) is 0.740. The highest BCUT2D eigenvalue weighted by Crippen LogP contribution is 2.16. The van der Waals surface area contributed by atoms with Crippen molar-refractivity contribution in [2.24, 2.45) is 0 Å². The third kappa shape index (κ3) is 5.57. The third-order valence-electron chi connectivity index (χ3n) is 2.71.